The predicted octanol–water partition coefficient (Wildman–Crippen LogP) is 12.6. The summed E-state index contributed by atoms with van der Waals surface area (Å²) in [5.41, 5.74) is 12.0. The molecule has 4 nitrogen and oxygen atoms in total. The van der Waals surface area contributed by atoms with Gasteiger partial charge in [-0.05, 0) is 74.0 Å². The monoisotopic (exact) mass is 688 g/mol. The van der Waals surface area contributed by atoms with Gasteiger partial charge in [0.1, 0.15) is 0 Å². The standard InChI is InChI=1S/C50H32N4/c51-33-34-21-23-36(24-22-34)42-17-9-18-44(32-42)49-52-48(40-28-25-37(26-29-40)43-30-27-35-11-7-8-16-41(35)31-43)53-50(54-49)46-20-10-19-45(38-12-3-1-4-13-38)47(46)39-14-5-2-6-15-39/h1-32H. The molecular weight excluding hydrogens is 657 g/mol. The number of benzene rings is 8. The molecule has 1 aromatic heterocycles. The third-order valence-corrected chi connectivity index (χ3v) is 9.78. The highest BCUT2D eigenvalue weighted by molar-refractivity contribution is 5.93. The fourth-order valence-corrected chi connectivity index (χ4v) is 7.02. The zero-order valence-corrected chi connectivity index (χ0v) is 29.3. The molecule has 0 radical (unpaired) electrons. The molecule has 0 atom stereocenters. The molecule has 54 heavy (non-hydrogen) atoms. The maximum Gasteiger partial charge on any atom is 0.164 e. The predicted molar refractivity (Wildman–Crippen MR) is 220 cm³/mol. The second kappa shape index (κ2) is 14.3. The van der Waals surface area contributed by atoms with Crippen LogP contribution < -0.4 is 0 Å². The Bertz CT molecular complexity index is 2800. The Morgan fingerprint density at radius 2 is 0.815 bits per heavy atom. The van der Waals surface area contributed by atoms with Crippen molar-refractivity contribution in [3.05, 3.63) is 200 Å². The van der Waals surface area contributed by atoms with Crippen molar-refractivity contribution in [3.8, 4) is 84.7 Å². The van der Waals surface area contributed by atoms with Gasteiger partial charge in [-0.2, -0.15) is 5.26 Å². The molecule has 252 valence electrons. The lowest BCUT2D eigenvalue weighted by Crippen LogP contribution is -2.02. The molecule has 0 saturated carbocycles. The molecule has 9 aromatic rings. The molecule has 0 N–H and O–H groups in total. The van der Waals surface area contributed by atoms with Gasteiger partial charge in [-0.25, -0.2) is 15.0 Å². The van der Waals surface area contributed by atoms with E-state index in [1.165, 1.54) is 10.8 Å². The van der Waals surface area contributed by atoms with E-state index in [0.29, 0.717) is 23.0 Å². The molecule has 0 amide bonds. The van der Waals surface area contributed by atoms with E-state index < -0.39 is 0 Å². The molecule has 4 heteroatoms. The van der Waals surface area contributed by atoms with Gasteiger partial charge in [0, 0.05) is 22.3 Å². The summed E-state index contributed by atoms with van der Waals surface area (Å²) in [6.45, 7) is 0. The first-order valence-corrected chi connectivity index (χ1v) is 17.9. The first kappa shape index (κ1) is 32.4. The van der Waals surface area contributed by atoms with E-state index in [1.807, 2.05) is 48.5 Å². The number of nitriles is 1. The van der Waals surface area contributed by atoms with Crippen molar-refractivity contribution >= 4 is 10.8 Å². The van der Waals surface area contributed by atoms with Crippen LogP contribution in [0.3, 0.4) is 0 Å². The second-order valence-electron chi connectivity index (χ2n) is 13.2. The Morgan fingerprint density at radius 3 is 1.54 bits per heavy atom. The van der Waals surface area contributed by atoms with Crippen molar-refractivity contribution < 1.29 is 0 Å². The SMILES string of the molecule is N#Cc1ccc(-c2cccc(-c3nc(-c4ccc(-c5ccc6ccccc6c5)cc4)nc(-c4cccc(-c5ccccc5)c4-c4ccccc4)n3)c2)cc1. The molecule has 1 heterocycles. The van der Waals surface area contributed by atoms with Gasteiger partial charge >= 0.3 is 0 Å². The molecular formula is C50H32N4. The normalized spacial score (nSPS) is 10.9. The smallest absolute Gasteiger partial charge is 0.164 e. The minimum absolute atomic E-state index is 0.577. The molecule has 0 unspecified atom stereocenters. The van der Waals surface area contributed by atoms with Crippen LogP contribution in [0, 0.1) is 11.3 Å². The lowest BCUT2D eigenvalue weighted by molar-refractivity contribution is 1.07. The number of fused-ring (bicyclic) bond motifs is 1. The Kier molecular flexibility index (Phi) is 8.57. The average Bonchev–Trinajstić information content (AvgIpc) is 3.26. The number of hydrogen-bond acceptors (Lipinski definition) is 4. The van der Waals surface area contributed by atoms with Gasteiger partial charge in [-0.15, -0.1) is 0 Å². The lowest BCUT2D eigenvalue weighted by atomic mass is 9.90. The highest BCUT2D eigenvalue weighted by Crippen LogP contribution is 2.40. The molecule has 8 aromatic carbocycles. The van der Waals surface area contributed by atoms with Gasteiger partial charge in [0.15, 0.2) is 17.5 Å². The number of nitrogens with zero attached hydrogens (tertiary/aromatic N) is 4. The van der Waals surface area contributed by atoms with E-state index in [0.717, 1.165) is 61.2 Å². The fraction of sp³-hybridized carbons (Fsp3) is 0. The Hall–Kier alpha value is -7.48. The quantitative estimate of drug-likeness (QED) is 0.167. The van der Waals surface area contributed by atoms with E-state index in [4.69, 9.17) is 15.0 Å². The maximum atomic E-state index is 9.34. The van der Waals surface area contributed by atoms with E-state index in [1.54, 1.807) is 0 Å². The van der Waals surface area contributed by atoms with Crippen LogP contribution in [-0.4, -0.2) is 15.0 Å². The van der Waals surface area contributed by atoms with Gasteiger partial charge in [0.25, 0.3) is 0 Å². The van der Waals surface area contributed by atoms with Crippen LogP contribution in [0.1, 0.15) is 5.56 Å². The van der Waals surface area contributed by atoms with Crippen LogP contribution in [0.15, 0.2) is 194 Å². The third-order valence-electron chi connectivity index (χ3n) is 9.78. The molecule has 0 saturated heterocycles. The van der Waals surface area contributed by atoms with Crippen LogP contribution in [0.2, 0.25) is 0 Å². The molecule has 0 bridgehead atoms. The van der Waals surface area contributed by atoms with Crippen LogP contribution in [0.25, 0.3) is 89.4 Å². The van der Waals surface area contributed by atoms with Crippen LogP contribution in [0.5, 0.6) is 0 Å². The summed E-state index contributed by atoms with van der Waals surface area (Å²) < 4.78 is 0. The summed E-state index contributed by atoms with van der Waals surface area (Å²) in [6.07, 6.45) is 0. The van der Waals surface area contributed by atoms with Crippen molar-refractivity contribution in [2.45, 2.75) is 0 Å². The van der Waals surface area contributed by atoms with E-state index in [2.05, 4.69) is 152 Å². The largest absolute Gasteiger partial charge is 0.208 e. The highest BCUT2D eigenvalue weighted by atomic mass is 15.0. The van der Waals surface area contributed by atoms with Crippen molar-refractivity contribution in [3.63, 3.8) is 0 Å². The lowest BCUT2D eigenvalue weighted by Gasteiger charge is -2.16. The number of rotatable bonds is 7. The summed E-state index contributed by atoms with van der Waals surface area (Å²) in [6, 6.07) is 68.8. The van der Waals surface area contributed by atoms with Crippen molar-refractivity contribution in [1.29, 1.82) is 5.26 Å². The summed E-state index contributed by atoms with van der Waals surface area (Å²) in [5, 5.41) is 11.8. The van der Waals surface area contributed by atoms with E-state index >= 15 is 0 Å². The fourth-order valence-electron chi connectivity index (χ4n) is 7.02. The highest BCUT2D eigenvalue weighted by Gasteiger charge is 2.19. The summed E-state index contributed by atoms with van der Waals surface area (Å²) in [4.78, 5) is 15.5. The van der Waals surface area contributed by atoms with Gasteiger partial charge in [0.05, 0.1) is 11.6 Å². The zero-order valence-electron chi connectivity index (χ0n) is 29.3. The van der Waals surface area contributed by atoms with E-state index in [9.17, 15) is 5.26 Å². The molecule has 0 aliphatic carbocycles. The van der Waals surface area contributed by atoms with Gasteiger partial charge in [-0.1, -0.05) is 170 Å². The number of hydrogen-bond donors (Lipinski definition) is 0. The Labute approximate surface area is 314 Å². The van der Waals surface area contributed by atoms with E-state index in [-0.39, 0.29) is 0 Å². The van der Waals surface area contributed by atoms with Crippen LogP contribution in [0.4, 0.5) is 0 Å². The Balaban J connectivity index is 1.21. The Morgan fingerprint density at radius 1 is 0.315 bits per heavy atom. The molecule has 9 rings (SSSR count). The van der Waals surface area contributed by atoms with Gasteiger partial charge in [-0.3, -0.25) is 0 Å². The van der Waals surface area contributed by atoms with Gasteiger partial charge in [0.2, 0.25) is 0 Å². The van der Waals surface area contributed by atoms with Crippen LogP contribution in [-0.2, 0) is 0 Å². The van der Waals surface area contributed by atoms with Crippen molar-refractivity contribution in [2.24, 2.45) is 0 Å². The summed E-state index contributed by atoms with van der Waals surface area (Å²) in [5.74, 6) is 1.76. The molecule has 0 fully saturated rings. The molecule has 0 aliphatic heterocycles. The van der Waals surface area contributed by atoms with Crippen molar-refractivity contribution in [1.82, 2.24) is 15.0 Å². The summed E-state index contributed by atoms with van der Waals surface area (Å²) in [7, 11) is 0. The van der Waals surface area contributed by atoms with Crippen LogP contribution >= 0.6 is 0 Å². The zero-order chi connectivity index (χ0) is 36.3. The number of aromatic nitrogens is 3. The minimum atomic E-state index is 0.577. The minimum Gasteiger partial charge on any atom is -0.208 e. The maximum absolute atomic E-state index is 9.34. The first-order chi connectivity index (χ1) is 26.7. The second-order valence-corrected chi connectivity index (χ2v) is 13.2. The summed E-state index contributed by atoms with van der Waals surface area (Å²) >= 11 is 0. The average molecular weight is 689 g/mol. The molecule has 0 aliphatic rings. The van der Waals surface area contributed by atoms with Gasteiger partial charge < -0.3 is 0 Å². The topological polar surface area (TPSA) is 62.5 Å². The third kappa shape index (κ3) is 6.43. The molecule has 0 spiro atoms. The first-order valence-electron chi connectivity index (χ1n) is 17.9. The van der Waals surface area contributed by atoms with Crippen molar-refractivity contribution in [2.75, 3.05) is 0 Å².